The molecule has 26 heavy (non-hydrogen) atoms. The van der Waals surface area contributed by atoms with Gasteiger partial charge in [0.1, 0.15) is 18.4 Å². The van der Waals surface area contributed by atoms with E-state index in [0.717, 1.165) is 28.7 Å². The smallest absolute Gasteiger partial charge is 0.323 e. The summed E-state index contributed by atoms with van der Waals surface area (Å²) in [5.74, 6) is -0.0353. The molecule has 6 heteroatoms. The Bertz CT molecular complexity index is 842. The third-order valence-corrected chi connectivity index (χ3v) is 4.82. The first kappa shape index (κ1) is 16.8. The van der Waals surface area contributed by atoms with Gasteiger partial charge in [-0.05, 0) is 36.6 Å². The van der Waals surface area contributed by atoms with Crippen LogP contribution in [0.2, 0.25) is 0 Å². The van der Waals surface area contributed by atoms with E-state index in [2.05, 4.69) is 0 Å². The Kier molecular flexibility index (Phi) is 4.44. The van der Waals surface area contributed by atoms with Gasteiger partial charge >= 0.3 is 5.97 Å². The summed E-state index contributed by atoms with van der Waals surface area (Å²) in [4.78, 5) is 28.5. The Morgan fingerprint density at radius 3 is 2.65 bits per heavy atom. The number of ketones is 1. The monoisotopic (exact) mass is 353 g/mol. The fourth-order valence-electron chi connectivity index (χ4n) is 3.27. The lowest BCUT2D eigenvalue weighted by Gasteiger charge is -2.20. The highest BCUT2D eigenvalue weighted by atomic mass is 16.7. The van der Waals surface area contributed by atoms with Gasteiger partial charge in [0.2, 0.25) is 0 Å². The average molecular weight is 353 g/mol. The predicted octanol–water partition coefficient (Wildman–Crippen LogP) is 2.79. The Balaban J connectivity index is 1.30. The van der Waals surface area contributed by atoms with Crippen LogP contribution in [0.3, 0.4) is 0 Å². The summed E-state index contributed by atoms with van der Waals surface area (Å²) in [7, 11) is 0. The molecule has 1 N–H and O–H groups in total. The van der Waals surface area contributed by atoms with Crippen molar-refractivity contribution in [2.24, 2.45) is 0 Å². The number of hydrogen-bond donors (Lipinski definition) is 1. The molecule has 1 fully saturated rings. The third-order valence-electron chi connectivity index (χ3n) is 4.82. The summed E-state index contributed by atoms with van der Waals surface area (Å²) in [5.41, 5.74) is 3.34. The molecule has 0 aromatic heterocycles. The molecule has 2 bridgehead atoms. The number of carbonyl (C=O) groups is 2. The highest BCUT2D eigenvalue weighted by molar-refractivity contribution is 6.17. The Morgan fingerprint density at radius 2 is 1.96 bits per heavy atom. The molecule has 0 amide bonds. The van der Waals surface area contributed by atoms with Gasteiger partial charge < -0.3 is 9.84 Å². The number of hydrogen-bond acceptors (Lipinski definition) is 5. The summed E-state index contributed by atoms with van der Waals surface area (Å²) in [6.45, 7) is 1.31. The van der Waals surface area contributed by atoms with Crippen molar-refractivity contribution in [3.05, 3.63) is 64.7 Å². The predicted molar refractivity (Wildman–Crippen MR) is 92.8 cm³/mol. The van der Waals surface area contributed by atoms with Crippen LogP contribution in [0.15, 0.2) is 42.5 Å². The molecule has 134 valence electrons. The molecule has 0 radical (unpaired) electrons. The van der Waals surface area contributed by atoms with Gasteiger partial charge in [0.15, 0.2) is 5.78 Å². The molecular weight excluding hydrogens is 334 g/mol. The van der Waals surface area contributed by atoms with Crippen LogP contribution in [-0.4, -0.2) is 34.5 Å². The molecule has 2 aromatic rings. The zero-order chi connectivity index (χ0) is 18.1. The van der Waals surface area contributed by atoms with Crippen molar-refractivity contribution in [3.8, 4) is 5.75 Å². The Labute approximate surface area is 150 Å². The summed E-state index contributed by atoms with van der Waals surface area (Å²) in [5, 5.41) is 10.7. The van der Waals surface area contributed by atoms with Crippen LogP contribution < -0.4 is 4.74 Å². The minimum absolute atomic E-state index is 0.0974. The molecule has 3 aliphatic rings. The number of rotatable bonds is 7. The fraction of sp³-hybridized carbons (Fsp3) is 0.300. The highest BCUT2D eigenvalue weighted by Gasteiger charge is 2.31. The second-order valence-corrected chi connectivity index (χ2v) is 6.54. The molecule has 0 saturated carbocycles. The van der Waals surface area contributed by atoms with Crippen LogP contribution in [-0.2, 0) is 22.8 Å². The van der Waals surface area contributed by atoms with Gasteiger partial charge in [0, 0.05) is 23.2 Å². The molecule has 1 atom stereocenters. The molecule has 0 unspecified atom stereocenters. The Morgan fingerprint density at radius 1 is 1.15 bits per heavy atom. The van der Waals surface area contributed by atoms with Crippen LogP contribution in [0.1, 0.15) is 39.9 Å². The summed E-state index contributed by atoms with van der Waals surface area (Å²) >= 11 is 0. The van der Waals surface area contributed by atoms with Crippen molar-refractivity contribution in [2.45, 2.75) is 32.1 Å². The maximum Gasteiger partial charge on any atom is 0.323 e. The number of fused-ring (bicyclic) bond motifs is 2. The second-order valence-electron chi connectivity index (χ2n) is 6.54. The van der Waals surface area contributed by atoms with Gasteiger partial charge in [0.05, 0.1) is 6.61 Å². The number of carboxylic acid groups (broad SMARTS) is 1. The highest BCUT2D eigenvalue weighted by Crippen LogP contribution is 2.26. The SMILES string of the molecule is O=C1c2ccc(COc3ccc(CON4CCC[C@H]4C(=O)O)cc3)c1c2. The van der Waals surface area contributed by atoms with Gasteiger partial charge in [-0.25, -0.2) is 0 Å². The number of carboxylic acids is 1. The number of benzene rings is 2. The number of hydroxylamine groups is 2. The van der Waals surface area contributed by atoms with Crippen molar-refractivity contribution in [1.82, 2.24) is 5.06 Å². The maximum atomic E-state index is 11.7. The molecule has 1 saturated heterocycles. The van der Waals surface area contributed by atoms with E-state index in [-0.39, 0.29) is 5.78 Å². The maximum absolute atomic E-state index is 11.7. The standard InChI is InChI=1S/C20H19NO5/c22-19-14-5-6-15(17(19)10-14)12-25-16-7-3-13(4-8-16)11-26-21-9-1-2-18(21)20(23)24/h3-8,10,18H,1-2,9,11-12H2,(H,23,24)/t18-/m0/s1. The minimum atomic E-state index is -0.842. The molecule has 6 nitrogen and oxygen atoms in total. The number of aliphatic carboxylic acids is 1. The van der Waals surface area contributed by atoms with Gasteiger partial charge in [-0.2, -0.15) is 5.06 Å². The van der Waals surface area contributed by atoms with Gasteiger partial charge in [-0.15, -0.1) is 0 Å². The van der Waals surface area contributed by atoms with Gasteiger partial charge in [0.25, 0.3) is 0 Å². The lowest BCUT2D eigenvalue weighted by Crippen LogP contribution is -2.35. The number of nitrogens with zero attached hydrogens (tertiary/aromatic N) is 1. The topological polar surface area (TPSA) is 76.1 Å². The van der Waals surface area contributed by atoms with Crippen LogP contribution in [0.5, 0.6) is 5.75 Å². The van der Waals surface area contributed by atoms with Gasteiger partial charge in [-0.1, -0.05) is 24.3 Å². The largest absolute Gasteiger partial charge is 0.489 e. The van der Waals surface area contributed by atoms with E-state index >= 15 is 0 Å². The van der Waals surface area contributed by atoms with Crippen molar-refractivity contribution in [1.29, 1.82) is 0 Å². The van der Waals surface area contributed by atoms with E-state index in [0.29, 0.717) is 31.9 Å². The van der Waals surface area contributed by atoms with Crippen molar-refractivity contribution >= 4 is 11.8 Å². The first-order valence-corrected chi connectivity index (χ1v) is 8.63. The van der Waals surface area contributed by atoms with E-state index in [1.165, 1.54) is 0 Å². The summed E-state index contributed by atoms with van der Waals surface area (Å²) < 4.78 is 5.75. The molecule has 5 rings (SSSR count). The van der Waals surface area contributed by atoms with Crippen molar-refractivity contribution in [3.63, 3.8) is 0 Å². The molecule has 1 heterocycles. The lowest BCUT2D eigenvalue weighted by atomic mass is 9.87. The quantitative estimate of drug-likeness (QED) is 0.704. The van der Waals surface area contributed by atoms with Crippen LogP contribution in [0.25, 0.3) is 0 Å². The van der Waals surface area contributed by atoms with E-state index in [1.807, 2.05) is 42.5 Å². The molecule has 1 aliphatic heterocycles. The van der Waals surface area contributed by atoms with Crippen molar-refractivity contribution < 1.29 is 24.3 Å². The van der Waals surface area contributed by atoms with Crippen LogP contribution in [0.4, 0.5) is 0 Å². The lowest BCUT2D eigenvalue weighted by molar-refractivity contribution is -0.192. The molecule has 0 spiro atoms. The van der Waals surface area contributed by atoms with E-state index in [1.54, 1.807) is 5.06 Å². The summed E-state index contributed by atoms with van der Waals surface area (Å²) in [6, 6.07) is 12.5. The van der Waals surface area contributed by atoms with E-state index < -0.39 is 12.0 Å². The fourth-order valence-corrected chi connectivity index (χ4v) is 3.27. The van der Waals surface area contributed by atoms with E-state index in [4.69, 9.17) is 14.7 Å². The average Bonchev–Trinajstić information content (AvgIpc) is 3.14. The van der Waals surface area contributed by atoms with Crippen molar-refractivity contribution in [2.75, 3.05) is 6.54 Å². The zero-order valence-corrected chi connectivity index (χ0v) is 14.2. The second kappa shape index (κ2) is 6.90. The first-order valence-electron chi connectivity index (χ1n) is 8.63. The van der Waals surface area contributed by atoms with Gasteiger partial charge in [-0.3, -0.25) is 14.4 Å². The number of carbonyl (C=O) groups excluding carboxylic acids is 1. The van der Waals surface area contributed by atoms with E-state index in [9.17, 15) is 9.59 Å². The third kappa shape index (κ3) is 3.21. The molecule has 2 aliphatic carbocycles. The molecule has 2 aromatic carbocycles. The number of ether oxygens (including phenoxy) is 1. The van der Waals surface area contributed by atoms with Crippen LogP contribution in [0, 0.1) is 0 Å². The zero-order valence-electron chi connectivity index (χ0n) is 14.2. The minimum Gasteiger partial charge on any atom is -0.489 e. The summed E-state index contributed by atoms with van der Waals surface area (Å²) in [6.07, 6.45) is 1.45. The Hall–Kier alpha value is -2.70. The molecular formula is C20H19NO5. The normalized spacial score (nSPS) is 18.6. The first-order chi connectivity index (χ1) is 12.6. The van der Waals surface area contributed by atoms with Crippen LogP contribution >= 0.6 is 0 Å².